The second-order valence-corrected chi connectivity index (χ2v) is 5.80. The summed E-state index contributed by atoms with van der Waals surface area (Å²) in [5.74, 6) is -1.04. The van der Waals surface area contributed by atoms with Crippen LogP contribution in [-0.2, 0) is 25.6 Å². The predicted molar refractivity (Wildman–Crippen MR) is 73.9 cm³/mol. The van der Waals surface area contributed by atoms with Gasteiger partial charge in [0.2, 0.25) is 0 Å². The normalized spacial score (nSPS) is 34.1. The Bertz CT molecular complexity index is 525. The molecule has 0 unspecified atom stereocenters. The van der Waals surface area contributed by atoms with Crippen LogP contribution in [0.3, 0.4) is 0 Å². The Morgan fingerprint density at radius 1 is 1.24 bits per heavy atom. The summed E-state index contributed by atoms with van der Waals surface area (Å²) in [6, 6.07) is 12.1. The molecule has 0 N–H and O–H groups in total. The molecule has 2 saturated heterocycles. The van der Waals surface area contributed by atoms with E-state index in [4.69, 9.17) is 18.9 Å². The SMILES string of the molecule is CC1(C)O[C@@H]2[C@@H](OCc3ccccc3)OC[C@@H](C#N)[C@H]2O1. The Morgan fingerprint density at radius 3 is 2.67 bits per heavy atom. The van der Waals surface area contributed by atoms with Crippen LogP contribution in [0.2, 0.25) is 0 Å². The van der Waals surface area contributed by atoms with Crippen molar-refractivity contribution < 1.29 is 18.9 Å². The minimum atomic E-state index is -0.716. The topological polar surface area (TPSA) is 60.7 Å². The van der Waals surface area contributed by atoms with Gasteiger partial charge in [-0.2, -0.15) is 5.26 Å². The maximum Gasteiger partial charge on any atom is 0.186 e. The average molecular weight is 289 g/mol. The van der Waals surface area contributed by atoms with Crippen molar-refractivity contribution in [3.8, 4) is 6.07 Å². The van der Waals surface area contributed by atoms with Gasteiger partial charge in [-0.1, -0.05) is 30.3 Å². The molecule has 0 aromatic heterocycles. The highest BCUT2D eigenvalue weighted by Crippen LogP contribution is 2.38. The lowest BCUT2D eigenvalue weighted by Crippen LogP contribution is -2.49. The van der Waals surface area contributed by atoms with Crippen LogP contribution in [0, 0.1) is 17.2 Å². The van der Waals surface area contributed by atoms with Gasteiger partial charge in [-0.3, -0.25) is 0 Å². The predicted octanol–water partition coefficient (Wildman–Crippen LogP) is 2.22. The third-order valence-corrected chi connectivity index (χ3v) is 3.69. The first-order valence-corrected chi connectivity index (χ1v) is 7.11. The van der Waals surface area contributed by atoms with Gasteiger partial charge < -0.3 is 18.9 Å². The molecule has 0 saturated carbocycles. The lowest BCUT2D eigenvalue weighted by Gasteiger charge is -2.33. The van der Waals surface area contributed by atoms with Crippen LogP contribution in [0.1, 0.15) is 19.4 Å². The summed E-state index contributed by atoms with van der Waals surface area (Å²) >= 11 is 0. The van der Waals surface area contributed by atoms with Gasteiger partial charge >= 0.3 is 0 Å². The van der Waals surface area contributed by atoms with Crippen molar-refractivity contribution in [1.82, 2.24) is 0 Å². The molecular formula is C16H19NO4. The van der Waals surface area contributed by atoms with Crippen molar-refractivity contribution in [2.24, 2.45) is 5.92 Å². The highest BCUT2D eigenvalue weighted by Gasteiger charge is 2.52. The number of ether oxygens (including phenoxy) is 4. The maximum atomic E-state index is 9.20. The van der Waals surface area contributed by atoms with E-state index in [-0.39, 0.29) is 18.1 Å². The van der Waals surface area contributed by atoms with E-state index in [1.165, 1.54) is 0 Å². The van der Waals surface area contributed by atoms with E-state index in [2.05, 4.69) is 6.07 Å². The number of hydrogen-bond donors (Lipinski definition) is 0. The van der Waals surface area contributed by atoms with Crippen molar-refractivity contribution >= 4 is 0 Å². The summed E-state index contributed by atoms with van der Waals surface area (Å²) < 4.78 is 23.2. The zero-order valence-corrected chi connectivity index (χ0v) is 12.2. The molecule has 1 aromatic carbocycles. The molecule has 2 heterocycles. The number of nitrogens with zero attached hydrogens (tertiary/aromatic N) is 1. The van der Waals surface area contributed by atoms with Crippen LogP contribution in [0.4, 0.5) is 0 Å². The first-order valence-electron chi connectivity index (χ1n) is 7.11. The van der Waals surface area contributed by atoms with Gasteiger partial charge in [-0.05, 0) is 19.4 Å². The summed E-state index contributed by atoms with van der Waals surface area (Å²) in [6.45, 7) is 4.42. The number of benzene rings is 1. The van der Waals surface area contributed by atoms with Crippen molar-refractivity contribution in [1.29, 1.82) is 5.26 Å². The Labute approximate surface area is 124 Å². The number of rotatable bonds is 3. The molecule has 0 spiro atoms. The monoisotopic (exact) mass is 289 g/mol. The van der Waals surface area contributed by atoms with Gasteiger partial charge in [0.25, 0.3) is 0 Å². The minimum Gasteiger partial charge on any atom is -0.348 e. The second kappa shape index (κ2) is 5.74. The van der Waals surface area contributed by atoms with Gasteiger partial charge in [0.1, 0.15) is 12.2 Å². The van der Waals surface area contributed by atoms with E-state index in [1.807, 2.05) is 44.2 Å². The Kier molecular flexibility index (Phi) is 3.96. The van der Waals surface area contributed by atoms with Crippen LogP contribution >= 0.6 is 0 Å². The fourth-order valence-electron chi connectivity index (χ4n) is 2.73. The summed E-state index contributed by atoms with van der Waals surface area (Å²) in [5.41, 5.74) is 1.07. The summed E-state index contributed by atoms with van der Waals surface area (Å²) in [7, 11) is 0. The highest BCUT2D eigenvalue weighted by atomic mass is 16.8. The van der Waals surface area contributed by atoms with Crippen molar-refractivity contribution in [2.45, 2.75) is 44.7 Å². The molecule has 0 aliphatic carbocycles. The molecule has 5 nitrogen and oxygen atoms in total. The number of hydrogen-bond acceptors (Lipinski definition) is 5. The van der Waals surface area contributed by atoms with Gasteiger partial charge in [-0.25, -0.2) is 0 Å². The standard InChI is InChI=1S/C16H19NO4/c1-16(2)20-13-12(8-17)10-19-15(14(13)21-16)18-9-11-6-4-3-5-7-11/h3-7,12-15H,9-10H2,1-2H3/t12-,13-,14+,15+/m1/s1. The number of fused-ring (bicyclic) bond motifs is 1. The van der Waals surface area contributed by atoms with Gasteiger partial charge in [0, 0.05) is 0 Å². The third kappa shape index (κ3) is 3.09. The Balaban J connectivity index is 1.68. The van der Waals surface area contributed by atoms with Crippen LogP contribution in [0.5, 0.6) is 0 Å². The molecule has 3 rings (SSSR count). The molecule has 2 fully saturated rings. The fraction of sp³-hybridized carbons (Fsp3) is 0.562. The zero-order valence-electron chi connectivity index (χ0n) is 12.2. The molecule has 21 heavy (non-hydrogen) atoms. The smallest absolute Gasteiger partial charge is 0.186 e. The van der Waals surface area contributed by atoms with Crippen molar-refractivity contribution in [2.75, 3.05) is 6.61 Å². The van der Waals surface area contributed by atoms with Gasteiger partial charge in [-0.15, -0.1) is 0 Å². The molecule has 4 atom stereocenters. The minimum absolute atomic E-state index is 0.302. The molecule has 0 amide bonds. The molecular weight excluding hydrogens is 270 g/mol. The van der Waals surface area contributed by atoms with Crippen LogP contribution in [0.25, 0.3) is 0 Å². The Morgan fingerprint density at radius 2 is 1.95 bits per heavy atom. The van der Waals surface area contributed by atoms with Crippen LogP contribution < -0.4 is 0 Å². The quantitative estimate of drug-likeness (QED) is 0.854. The van der Waals surface area contributed by atoms with Gasteiger partial charge in [0.15, 0.2) is 12.1 Å². The summed E-state index contributed by atoms with van der Waals surface area (Å²) in [5, 5.41) is 9.20. The van der Waals surface area contributed by atoms with Crippen molar-refractivity contribution in [3.63, 3.8) is 0 Å². The van der Waals surface area contributed by atoms with E-state index in [0.717, 1.165) is 5.56 Å². The van der Waals surface area contributed by atoms with E-state index in [9.17, 15) is 5.26 Å². The van der Waals surface area contributed by atoms with E-state index in [1.54, 1.807) is 0 Å². The lowest BCUT2D eigenvalue weighted by molar-refractivity contribution is -0.240. The molecule has 2 aliphatic rings. The van der Waals surface area contributed by atoms with Crippen molar-refractivity contribution in [3.05, 3.63) is 35.9 Å². The summed E-state index contributed by atoms with van der Waals surface area (Å²) in [4.78, 5) is 0. The van der Waals surface area contributed by atoms with Gasteiger partial charge in [0.05, 0.1) is 25.2 Å². The first kappa shape index (κ1) is 14.5. The molecule has 5 heteroatoms. The molecule has 112 valence electrons. The average Bonchev–Trinajstić information content (AvgIpc) is 2.81. The molecule has 0 bridgehead atoms. The lowest BCUT2D eigenvalue weighted by atomic mass is 9.97. The number of nitriles is 1. The molecule has 2 aliphatic heterocycles. The largest absolute Gasteiger partial charge is 0.348 e. The Hall–Kier alpha value is -1.45. The van der Waals surface area contributed by atoms with E-state index < -0.39 is 12.1 Å². The maximum absolute atomic E-state index is 9.20. The van der Waals surface area contributed by atoms with E-state index in [0.29, 0.717) is 13.2 Å². The summed E-state index contributed by atoms with van der Waals surface area (Å²) in [6.07, 6.45) is -1.19. The van der Waals surface area contributed by atoms with Crippen LogP contribution in [-0.4, -0.2) is 30.9 Å². The highest BCUT2D eigenvalue weighted by molar-refractivity contribution is 5.13. The third-order valence-electron chi connectivity index (χ3n) is 3.69. The molecule has 0 radical (unpaired) electrons. The van der Waals surface area contributed by atoms with E-state index >= 15 is 0 Å². The first-order chi connectivity index (χ1) is 10.1. The molecule has 1 aromatic rings. The fourth-order valence-corrected chi connectivity index (χ4v) is 2.73. The zero-order chi connectivity index (χ0) is 14.9. The second-order valence-electron chi connectivity index (χ2n) is 5.80. The van der Waals surface area contributed by atoms with Crippen LogP contribution in [0.15, 0.2) is 30.3 Å².